The van der Waals surface area contributed by atoms with E-state index in [4.69, 9.17) is 9.47 Å². The van der Waals surface area contributed by atoms with Gasteiger partial charge in [-0.1, -0.05) is 24.3 Å². The molecule has 0 radical (unpaired) electrons. The number of benzene rings is 2. The van der Waals surface area contributed by atoms with Gasteiger partial charge in [0.2, 0.25) is 10.0 Å². The Balaban J connectivity index is 1.68. The van der Waals surface area contributed by atoms with Gasteiger partial charge in [0.15, 0.2) is 18.1 Å². The zero-order chi connectivity index (χ0) is 19.7. The lowest BCUT2D eigenvalue weighted by Crippen LogP contribution is -2.30. The molecule has 0 saturated carbocycles. The quantitative estimate of drug-likeness (QED) is 0.605. The Morgan fingerprint density at radius 2 is 1.70 bits per heavy atom. The molecule has 7 nitrogen and oxygen atoms in total. The third-order valence-corrected chi connectivity index (χ3v) is 4.26. The number of sulfonamides is 1. The van der Waals surface area contributed by atoms with Gasteiger partial charge in [-0.3, -0.25) is 9.52 Å². The number of nitrogens with one attached hydrogen (secondary N) is 2. The summed E-state index contributed by atoms with van der Waals surface area (Å²) in [5.74, 6) is 0.908. The van der Waals surface area contributed by atoms with E-state index >= 15 is 0 Å². The minimum absolute atomic E-state index is 0.0772. The third kappa shape index (κ3) is 7.57. The Morgan fingerprint density at radius 1 is 1.04 bits per heavy atom. The van der Waals surface area contributed by atoms with Gasteiger partial charge in [0.1, 0.15) is 0 Å². The normalized spacial score (nSPS) is 10.9. The van der Waals surface area contributed by atoms with Gasteiger partial charge < -0.3 is 14.8 Å². The van der Waals surface area contributed by atoms with E-state index in [-0.39, 0.29) is 12.5 Å². The maximum Gasteiger partial charge on any atom is 0.257 e. The highest BCUT2D eigenvalue weighted by Crippen LogP contribution is 2.25. The first kappa shape index (κ1) is 20.6. The Bertz CT molecular complexity index is 851. The van der Waals surface area contributed by atoms with E-state index in [0.29, 0.717) is 23.7 Å². The van der Waals surface area contributed by atoms with Crippen LogP contribution in [0, 0.1) is 0 Å². The number of amides is 1. The largest absolute Gasteiger partial charge is 0.493 e. The molecule has 8 heteroatoms. The van der Waals surface area contributed by atoms with Crippen LogP contribution >= 0.6 is 0 Å². The second kappa shape index (κ2) is 9.82. The van der Waals surface area contributed by atoms with Crippen molar-refractivity contribution in [1.82, 2.24) is 5.32 Å². The van der Waals surface area contributed by atoms with Gasteiger partial charge in [-0.05, 0) is 42.7 Å². The molecule has 0 bridgehead atoms. The summed E-state index contributed by atoms with van der Waals surface area (Å²) in [7, 11) is -1.72. The van der Waals surface area contributed by atoms with Crippen LogP contribution in [0.1, 0.15) is 12.0 Å². The number of para-hydroxylation sites is 2. The first-order valence-corrected chi connectivity index (χ1v) is 10.4. The van der Waals surface area contributed by atoms with E-state index in [1.165, 1.54) is 0 Å². The van der Waals surface area contributed by atoms with Crippen LogP contribution in [0.5, 0.6) is 11.5 Å². The van der Waals surface area contributed by atoms with Gasteiger partial charge >= 0.3 is 0 Å². The van der Waals surface area contributed by atoms with Gasteiger partial charge in [0, 0.05) is 12.2 Å². The fourth-order valence-electron chi connectivity index (χ4n) is 2.41. The lowest BCUT2D eigenvalue weighted by Gasteiger charge is -2.10. The molecule has 0 atom stereocenters. The molecule has 0 aliphatic carbocycles. The van der Waals surface area contributed by atoms with Crippen molar-refractivity contribution in [2.24, 2.45) is 0 Å². The van der Waals surface area contributed by atoms with Crippen LogP contribution < -0.4 is 19.5 Å². The second-order valence-electron chi connectivity index (χ2n) is 5.96. The van der Waals surface area contributed by atoms with Crippen LogP contribution in [0.4, 0.5) is 5.69 Å². The summed E-state index contributed by atoms with van der Waals surface area (Å²) in [5.41, 5.74) is 1.59. The first-order chi connectivity index (χ1) is 12.9. The predicted molar refractivity (Wildman–Crippen MR) is 105 cm³/mol. The minimum atomic E-state index is -3.27. The zero-order valence-electron chi connectivity index (χ0n) is 15.4. The molecule has 0 heterocycles. The fourth-order valence-corrected chi connectivity index (χ4v) is 2.97. The van der Waals surface area contributed by atoms with Gasteiger partial charge in [-0.2, -0.15) is 0 Å². The van der Waals surface area contributed by atoms with Crippen molar-refractivity contribution in [2.75, 3.05) is 31.2 Å². The smallest absolute Gasteiger partial charge is 0.257 e. The number of methoxy groups -OCH3 is 1. The molecule has 2 N–H and O–H groups in total. The fraction of sp³-hybridized carbons (Fsp3) is 0.316. The number of rotatable bonds is 10. The number of ether oxygens (including phenoxy) is 2. The number of carbonyl (C=O) groups excluding carboxylic acids is 1. The molecule has 2 aromatic carbocycles. The summed E-state index contributed by atoms with van der Waals surface area (Å²) < 4.78 is 35.4. The Hall–Kier alpha value is -2.74. The van der Waals surface area contributed by atoms with E-state index in [1.54, 1.807) is 31.4 Å². The van der Waals surface area contributed by atoms with E-state index in [2.05, 4.69) is 10.0 Å². The lowest BCUT2D eigenvalue weighted by molar-refractivity contribution is -0.123. The van der Waals surface area contributed by atoms with Crippen molar-refractivity contribution in [3.8, 4) is 11.5 Å². The lowest BCUT2D eigenvalue weighted by atomic mass is 10.1. The van der Waals surface area contributed by atoms with Crippen molar-refractivity contribution in [3.63, 3.8) is 0 Å². The predicted octanol–water partition coefficient (Wildman–Crippen LogP) is 2.19. The Kier molecular flexibility index (Phi) is 7.48. The summed E-state index contributed by atoms with van der Waals surface area (Å²) in [6, 6.07) is 14.3. The maximum atomic E-state index is 11.9. The third-order valence-electron chi connectivity index (χ3n) is 3.65. The Labute approximate surface area is 159 Å². The van der Waals surface area contributed by atoms with Crippen molar-refractivity contribution in [3.05, 3.63) is 54.1 Å². The van der Waals surface area contributed by atoms with Crippen molar-refractivity contribution in [2.45, 2.75) is 12.8 Å². The molecule has 0 saturated heterocycles. The number of aryl methyl sites for hydroxylation is 1. The average Bonchev–Trinajstić information content (AvgIpc) is 2.64. The molecule has 27 heavy (non-hydrogen) atoms. The number of hydrogen-bond donors (Lipinski definition) is 2. The van der Waals surface area contributed by atoms with Gasteiger partial charge in [0.05, 0.1) is 13.4 Å². The standard InChI is InChI=1S/C19H24N2O5S/c1-25-17-7-3-4-8-18(17)26-14-19(22)20-13-5-6-15-9-11-16(12-10-15)21-27(2,23)24/h3-4,7-12,21H,5-6,13-14H2,1-2H3,(H,20,22). The number of hydrogen-bond acceptors (Lipinski definition) is 5. The number of carbonyl (C=O) groups is 1. The van der Waals surface area contributed by atoms with Gasteiger partial charge in [-0.25, -0.2) is 8.42 Å². The van der Waals surface area contributed by atoms with Crippen LogP contribution in [0.15, 0.2) is 48.5 Å². The number of anilines is 1. The highest BCUT2D eigenvalue weighted by molar-refractivity contribution is 7.92. The first-order valence-electron chi connectivity index (χ1n) is 8.46. The van der Waals surface area contributed by atoms with Crippen LogP contribution in [0.3, 0.4) is 0 Å². The average molecular weight is 392 g/mol. The molecule has 0 aliphatic heterocycles. The van der Waals surface area contributed by atoms with E-state index in [9.17, 15) is 13.2 Å². The minimum Gasteiger partial charge on any atom is -0.493 e. The summed E-state index contributed by atoms with van der Waals surface area (Å²) >= 11 is 0. The molecule has 2 rings (SSSR count). The highest BCUT2D eigenvalue weighted by atomic mass is 32.2. The molecule has 146 valence electrons. The van der Waals surface area contributed by atoms with Crippen LogP contribution in [-0.2, 0) is 21.2 Å². The van der Waals surface area contributed by atoms with Crippen molar-refractivity contribution in [1.29, 1.82) is 0 Å². The van der Waals surface area contributed by atoms with Crippen molar-refractivity contribution < 1.29 is 22.7 Å². The summed E-state index contributed by atoms with van der Waals surface area (Å²) in [4.78, 5) is 11.9. The molecule has 0 fully saturated rings. The molecular formula is C19H24N2O5S. The molecule has 2 aromatic rings. The molecule has 0 spiro atoms. The van der Waals surface area contributed by atoms with E-state index < -0.39 is 10.0 Å². The summed E-state index contributed by atoms with van der Waals surface area (Å²) in [6.07, 6.45) is 2.65. The monoisotopic (exact) mass is 392 g/mol. The summed E-state index contributed by atoms with van der Waals surface area (Å²) in [5, 5.41) is 2.81. The molecule has 1 amide bonds. The summed E-state index contributed by atoms with van der Waals surface area (Å²) in [6.45, 7) is 0.448. The van der Waals surface area contributed by atoms with Crippen molar-refractivity contribution >= 4 is 21.6 Å². The van der Waals surface area contributed by atoms with E-state index in [1.807, 2.05) is 24.3 Å². The van der Waals surface area contributed by atoms with Crippen LogP contribution in [0.25, 0.3) is 0 Å². The second-order valence-corrected chi connectivity index (χ2v) is 7.71. The SMILES string of the molecule is COc1ccccc1OCC(=O)NCCCc1ccc(NS(C)(=O)=O)cc1. The highest BCUT2D eigenvalue weighted by Gasteiger charge is 2.06. The van der Waals surface area contributed by atoms with Gasteiger partial charge in [0.25, 0.3) is 5.91 Å². The molecule has 0 unspecified atom stereocenters. The Morgan fingerprint density at radius 3 is 2.33 bits per heavy atom. The maximum absolute atomic E-state index is 11.9. The molecular weight excluding hydrogens is 368 g/mol. The van der Waals surface area contributed by atoms with Crippen LogP contribution in [-0.4, -0.2) is 40.8 Å². The molecule has 0 aliphatic rings. The van der Waals surface area contributed by atoms with Gasteiger partial charge in [-0.15, -0.1) is 0 Å². The zero-order valence-corrected chi connectivity index (χ0v) is 16.2. The molecule has 0 aromatic heterocycles. The van der Waals surface area contributed by atoms with Crippen LogP contribution in [0.2, 0.25) is 0 Å². The topological polar surface area (TPSA) is 93.7 Å². The van der Waals surface area contributed by atoms with E-state index in [0.717, 1.165) is 24.7 Å².